The predicted molar refractivity (Wildman–Crippen MR) is 74.0 cm³/mol. The number of rotatable bonds is 3. The molecule has 1 unspecified atom stereocenters. The number of amides is 1. The van der Waals surface area contributed by atoms with Crippen molar-refractivity contribution in [2.24, 2.45) is 0 Å². The van der Waals surface area contributed by atoms with Crippen molar-refractivity contribution in [3.63, 3.8) is 0 Å². The number of nitrogens with one attached hydrogen (secondary N) is 1. The van der Waals surface area contributed by atoms with Crippen LogP contribution in [0.1, 0.15) is 25.3 Å². The molecule has 1 aromatic rings. The second-order valence-electron chi connectivity index (χ2n) is 5.11. The molecule has 98 valence electrons. The Morgan fingerprint density at radius 1 is 1.44 bits per heavy atom. The van der Waals surface area contributed by atoms with Crippen LogP contribution in [0.2, 0.25) is 0 Å². The van der Waals surface area contributed by atoms with E-state index in [-0.39, 0.29) is 11.4 Å². The largest absolute Gasteiger partial charge is 0.379 e. The van der Waals surface area contributed by atoms with Crippen molar-refractivity contribution in [2.75, 3.05) is 13.2 Å². The lowest BCUT2D eigenvalue weighted by molar-refractivity contribution is -0.124. The maximum atomic E-state index is 12.0. The number of thiol groups is 1. The summed E-state index contributed by atoms with van der Waals surface area (Å²) in [5.74, 6) is 0.0508. The first-order valence-electron chi connectivity index (χ1n) is 6.24. The lowest BCUT2D eigenvalue weighted by atomic mass is 9.94. The molecule has 18 heavy (non-hydrogen) atoms. The molecule has 1 fully saturated rings. The van der Waals surface area contributed by atoms with Gasteiger partial charge in [0.15, 0.2) is 0 Å². The fourth-order valence-corrected chi connectivity index (χ4v) is 2.36. The summed E-state index contributed by atoms with van der Waals surface area (Å²) >= 11 is 4.22. The smallest absolute Gasteiger partial charge is 0.224 e. The molecular weight excluding hydrogens is 246 g/mol. The molecule has 1 amide bonds. The van der Waals surface area contributed by atoms with Crippen molar-refractivity contribution < 1.29 is 9.53 Å². The predicted octanol–water partition coefficient (Wildman–Crippen LogP) is 2.20. The summed E-state index contributed by atoms with van der Waals surface area (Å²) in [4.78, 5) is 12.9. The van der Waals surface area contributed by atoms with Crippen molar-refractivity contribution in [1.82, 2.24) is 5.32 Å². The van der Waals surface area contributed by atoms with Gasteiger partial charge in [0, 0.05) is 11.5 Å². The highest BCUT2D eigenvalue weighted by Crippen LogP contribution is 2.18. The summed E-state index contributed by atoms with van der Waals surface area (Å²) in [6.45, 7) is 3.45. The first kappa shape index (κ1) is 13.4. The Morgan fingerprint density at radius 3 is 2.78 bits per heavy atom. The van der Waals surface area contributed by atoms with E-state index in [1.807, 2.05) is 31.2 Å². The average molecular weight is 265 g/mol. The van der Waals surface area contributed by atoms with Crippen molar-refractivity contribution in [3.05, 3.63) is 29.8 Å². The standard InChI is InChI=1S/C14H19NO2S/c1-14(7-2-8-17-10-14)15-13(16)9-11-3-5-12(18)6-4-11/h3-6,18H,2,7-10H2,1H3,(H,15,16). The van der Waals surface area contributed by atoms with E-state index in [2.05, 4.69) is 17.9 Å². The Bertz CT molecular complexity index is 410. The number of hydrogen-bond donors (Lipinski definition) is 2. The fraction of sp³-hybridized carbons (Fsp3) is 0.500. The van der Waals surface area contributed by atoms with Crippen LogP contribution in [-0.4, -0.2) is 24.7 Å². The van der Waals surface area contributed by atoms with Gasteiger partial charge in [-0.1, -0.05) is 12.1 Å². The summed E-state index contributed by atoms with van der Waals surface area (Å²) in [6.07, 6.45) is 2.39. The van der Waals surface area contributed by atoms with Gasteiger partial charge < -0.3 is 10.1 Å². The third-order valence-electron chi connectivity index (χ3n) is 3.18. The van der Waals surface area contributed by atoms with Crippen LogP contribution in [0.25, 0.3) is 0 Å². The van der Waals surface area contributed by atoms with Crippen molar-refractivity contribution in [1.29, 1.82) is 0 Å². The molecule has 0 saturated carbocycles. The number of carbonyl (C=O) groups is 1. The van der Waals surface area contributed by atoms with E-state index in [0.29, 0.717) is 13.0 Å². The Balaban J connectivity index is 1.90. The van der Waals surface area contributed by atoms with Gasteiger partial charge in [0.25, 0.3) is 0 Å². The van der Waals surface area contributed by atoms with E-state index in [9.17, 15) is 4.79 Å². The van der Waals surface area contributed by atoms with E-state index >= 15 is 0 Å². The van der Waals surface area contributed by atoms with E-state index in [4.69, 9.17) is 4.74 Å². The molecule has 3 nitrogen and oxygen atoms in total. The minimum atomic E-state index is -0.210. The van der Waals surface area contributed by atoms with E-state index in [1.54, 1.807) is 0 Å². The molecule has 4 heteroatoms. The summed E-state index contributed by atoms with van der Waals surface area (Å²) in [5, 5.41) is 3.08. The Labute approximate surface area is 113 Å². The van der Waals surface area contributed by atoms with Gasteiger partial charge >= 0.3 is 0 Å². The Kier molecular flexibility index (Phi) is 4.30. The Morgan fingerprint density at radius 2 is 2.17 bits per heavy atom. The molecular formula is C14H19NO2S. The SMILES string of the molecule is CC1(NC(=O)Cc2ccc(S)cc2)CCCOC1. The Hall–Kier alpha value is -1.00. The first-order chi connectivity index (χ1) is 8.57. The second kappa shape index (κ2) is 5.76. The zero-order chi connectivity index (χ0) is 13.0. The lowest BCUT2D eigenvalue weighted by Gasteiger charge is -2.34. The number of hydrogen-bond acceptors (Lipinski definition) is 3. The molecule has 0 bridgehead atoms. The highest BCUT2D eigenvalue weighted by atomic mass is 32.1. The molecule has 0 aromatic heterocycles. The lowest BCUT2D eigenvalue weighted by Crippen LogP contribution is -2.52. The van der Waals surface area contributed by atoms with Crippen LogP contribution >= 0.6 is 12.6 Å². The summed E-state index contributed by atoms with van der Waals surface area (Å²) in [7, 11) is 0. The monoisotopic (exact) mass is 265 g/mol. The quantitative estimate of drug-likeness (QED) is 0.822. The van der Waals surface area contributed by atoms with Gasteiger partial charge in [0.05, 0.1) is 18.6 Å². The van der Waals surface area contributed by atoms with Crippen molar-refractivity contribution in [2.45, 2.75) is 36.6 Å². The van der Waals surface area contributed by atoms with E-state index in [0.717, 1.165) is 29.9 Å². The van der Waals surface area contributed by atoms with Crippen LogP contribution in [0.4, 0.5) is 0 Å². The molecule has 0 aliphatic carbocycles. The van der Waals surface area contributed by atoms with Crippen LogP contribution in [0.3, 0.4) is 0 Å². The van der Waals surface area contributed by atoms with Gasteiger partial charge in [0.1, 0.15) is 0 Å². The topological polar surface area (TPSA) is 38.3 Å². The fourth-order valence-electron chi connectivity index (χ4n) is 2.21. The van der Waals surface area contributed by atoms with Gasteiger partial charge in [-0.3, -0.25) is 4.79 Å². The molecule has 0 radical (unpaired) electrons. The van der Waals surface area contributed by atoms with Gasteiger partial charge in [-0.05, 0) is 37.5 Å². The summed E-state index contributed by atoms with van der Waals surface area (Å²) in [6, 6.07) is 7.66. The summed E-state index contributed by atoms with van der Waals surface area (Å²) < 4.78 is 5.43. The third-order valence-corrected chi connectivity index (χ3v) is 3.48. The number of carbonyl (C=O) groups excluding carboxylic acids is 1. The molecule has 1 N–H and O–H groups in total. The van der Waals surface area contributed by atoms with E-state index < -0.39 is 0 Å². The average Bonchev–Trinajstić information content (AvgIpc) is 2.32. The van der Waals surface area contributed by atoms with Crippen LogP contribution in [0.15, 0.2) is 29.2 Å². The van der Waals surface area contributed by atoms with E-state index in [1.165, 1.54) is 0 Å². The van der Waals surface area contributed by atoms with Crippen LogP contribution in [0, 0.1) is 0 Å². The summed E-state index contributed by atoms with van der Waals surface area (Å²) in [5.41, 5.74) is 0.796. The first-order valence-corrected chi connectivity index (χ1v) is 6.69. The van der Waals surface area contributed by atoms with Gasteiger partial charge in [-0.15, -0.1) is 12.6 Å². The normalized spacial score (nSPS) is 23.7. The molecule has 1 aliphatic heterocycles. The number of ether oxygens (including phenoxy) is 1. The van der Waals surface area contributed by atoms with Crippen LogP contribution < -0.4 is 5.32 Å². The van der Waals surface area contributed by atoms with Crippen molar-refractivity contribution in [3.8, 4) is 0 Å². The maximum Gasteiger partial charge on any atom is 0.224 e. The number of benzene rings is 1. The third kappa shape index (κ3) is 3.75. The molecule has 1 aromatic carbocycles. The second-order valence-corrected chi connectivity index (χ2v) is 5.62. The van der Waals surface area contributed by atoms with Gasteiger partial charge in [-0.2, -0.15) is 0 Å². The van der Waals surface area contributed by atoms with Crippen LogP contribution in [-0.2, 0) is 16.0 Å². The molecule has 1 heterocycles. The molecule has 2 rings (SSSR count). The molecule has 1 aliphatic rings. The minimum Gasteiger partial charge on any atom is -0.379 e. The van der Waals surface area contributed by atoms with Gasteiger partial charge in [0.2, 0.25) is 5.91 Å². The van der Waals surface area contributed by atoms with Gasteiger partial charge in [-0.25, -0.2) is 0 Å². The zero-order valence-electron chi connectivity index (χ0n) is 10.6. The molecule has 1 atom stereocenters. The molecule has 1 saturated heterocycles. The minimum absolute atomic E-state index is 0.0508. The zero-order valence-corrected chi connectivity index (χ0v) is 11.5. The van der Waals surface area contributed by atoms with Crippen molar-refractivity contribution >= 4 is 18.5 Å². The maximum absolute atomic E-state index is 12.0. The highest BCUT2D eigenvalue weighted by Gasteiger charge is 2.28. The van der Waals surface area contributed by atoms with Crippen LogP contribution in [0.5, 0.6) is 0 Å². The molecule has 0 spiro atoms. The highest BCUT2D eigenvalue weighted by molar-refractivity contribution is 7.80.